The Morgan fingerprint density at radius 2 is 2.12 bits per heavy atom. The number of rotatable bonds is 10. The minimum atomic E-state index is -0.817. The number of pyridine rings is 1. The fourth-order valence-electron chi connectivity index (χ4n) is 2.11. The zero-order chi connectivity index (χ0) is 17.4. The van der Waals surface area contributed by atoms with Crippen molar-refractivity contribution in [3.8, 4) is 0 Å². The molecule has 2 heterocycles. The lowest BCUT2D eigenvalue weighted by molar-refractivity contribution is -0.147. The van der Waals surface area contributed by atoms with Crippen molar-refractivity contribution in [1.29, 1.82) is 0 Å². The molecule has 0 saturated carbocycles. The van der Waals surface area contributed by atoms with E-state index in [0.717, 1.165) is 31.6 Å². The van der Waals surface area contributed by atoms with Gasteiger partial charge in [0.15, 0.2) is 5.82 Å². The summed E-state index contributed by atoms with van der Waals surface area (Å²) < 4.78 is 5.19. The predicted molar refractivity (Wildman–Crippen MR) is 89.7 cm³/mol. The number of aromatic nitrogens is 3. The van der Waals surface area contributed by atoms with Crippen LogP contribution in [0, 0.1) is 5.41 Å². The topological polar surface area (TPSA) is 101 Å². The summed E-state index contributed by atoms with van der Waals surface area (Å²) in [4.78, 5) is 19.6. The zero-order valence-electron chi connectivity index (χ0n) is 14.2. The fraction of sp³-hybridized carbons (Fsp3) is 0.529. The van der Waals surface area contributed by atoms with Gasteiger partial charge < -0.3 is 14.9 Å². The third-order valence-corrected chi connectivity index (χ3v) is 3.85. The first-order chi connectivity index (χ1) is 11.5. The maximum absolute atomic E-state index is 11.1. The highest BCUT2D eigenvalue weighted by molar-refractivity contribution is 5.73. The smallest absolute Gasteiger partial charge is 0.309 e. The number of aryl methyl sites for hydroxylation is 2. The molecule has 7 heteroatoms. The van der Waals surface area contributed by atoms with E-state index in [1.165, 1.54) is 0 Å². The SMILES string of the molecule is CC(C)(CCc1nc(CCCCNc2ccccn2)no1)C(=O)O. The van der Waals surface area contributed by atoms with Gasteiger partial charge in [0, 0.05) is 25.6 Å². The van der Waals surface area contributed by atoms with Gasteiger partial charge in [0.2, 0.25) is 5.89 Å². The van der Waals surface area contributed by atoms with Crippen LogP contribution in [0.25, 0.3) is 0 Å². The highest BCUT2D eigenvalue weighted by Crippen LogP contribution is 2.22. The Balaban J connectivity index is 1.65. The first kappa shape index (κ1) is 17.9. The van der Waals surface area contributed by atoms with Crippen molar-refractivity contribution in [2.75, 3.05) is 11.9 Å². The summed E-state index contributed by atoms with van der Waals surface area (Å²) in [6, 6.07) is 5.77. The number of nitrogens with zero attached hydrogens (tertiary/aromatic N) is 3. The number of carbonyl (C=O) groups is 1. The lowest BCUT2D eigenvalue weighted by Crippen LogP contribution is -2.24. The number of carboxylic acid groups (broad SMARTS) is 1. The van der Waals surface area contributed by atoms with E-state index in [-0.39, 0.29) is 0 Å². The van der Waals surface area contributed by atoms with Crippen molar-refractivity contribution in [1.82, 2.24) is 15.1 Å². The summed E-state index contributed by atoms with van der Waals surface area (Å²) >= 11 is 0. The van der Waals surface area contributed by atoms with Crippen LogP contribution in [0.4, 0.5) is 5.82 Å². The third-order valence-electron chi connectivity index (χ3n) is 3.85. The molecule has 0 saturated heterocycles. The first-order valence-electron chi connectivity index (χ1n) is 8.17. The molecule has 7 nitrogen and oxygen atoms in total. The largest absolute Gasteiger partial charge is 0.481 e. The van der Waals surface area contributed by atoms with Crippen LogP contribution in [0.5, 0.6) is 0 Å². The number of unbranched alkanes of at least 4 members (excludes halogenated alkanes) is 1. The minimum absolute atomic E-state index is 0.470. The lowest BCUT2D eigenvalue weighted by atomic mass is 9.88. The summed E-state index contributed by atoms with van der Waals surface area (Å²) in [7, 11) is 0. The Kier molecular flexibility index (Phi) is 6.28. The molecule has 2 aromatic heterocycles. The summed E-state index contributed by atoms with van der Waals surface area (Å²) in [6.07, 6.45) is 5.38. The second kappa shape index (κ2) is 8.42. The standard InChI is InChI=1S/C17H24N4O3/c1-17(2,16(22)23)10-9-15-20-14(21-24-15)8-4-6-12-19-13-7-3-5-11-18-13/h3,5,7,11H,4,6,8-10,12H2,1-2H3,(H,18,19)(H,22,23). The van der Waals surface area contributed by atoms with Gasteiger partial charge in [0.1, 0.15) is 5.82 Å². The normalized spacial score (nSPS) is 11.4. The van der Waals surface area contributed by atoms with Crippen LogP contribution in [-0.4, -0.2) is 32.7 Å². The molecule has 0 spiro atoms. The monoisotopic (exact) mass is 332 g/mol. The number of aliphatic carboxylic acids is 1. The highest BCUT2D eigenvalue weighted by atomic mass is 16.5. The molecule has 0 atom stereocenters. The highest BCUT2D eigenvalue weighted by Gasteiger charge is 2.27. The van der Waals surface area contributed by atoms with E-state index in [2.05, 4.69) is 20.4 Å². The second-order valence-electron chi connectivity index (χ2n) is 6.39. The van der Waals surface area contributed by atoms with E-state index < -0.39 is 11.4 Å². The molecule has 0 aromatic carbocycles. The van der Waals surface area contributed by atoms with Crippen molar-refractivity contribution in [2.24, 2.45) is 5.41 Å². The van der Waals surface area contributed by atoms with E-state index in [0.29, 0.717) is 24.6 Å². The van der Waals surface area contributed by atoms with Gasteiger partial charge in [-0.25, -0.2) is 4.98 Å². The molecule has 2 N–H and O–H groups in total. The quantitative estimate of drug-likeness (QED) is 0.645. The Bertz CT molecular complexity index is 640. The van der Waals surface area contributed by atoms with Crippen molar-refractivity contribution < 1.29 is 14.4 Å². The number of carboxylic acids is 1. The molecule has 24 heavy (non-hydrogen) atoms. The Labute approximate surface area is 141 Å². The van der Waals surface area contributed by atoms with Gasteiger partial charge in [-0.3, -0.25) is 4.79 Å². The maximum atomic E-state index is 11.1. The average Bonchev–Trinajstić information content (AvgIpc) is 3.01. The van der Waals surface area contributed by atoms with E-state index >= 15 is 0 Å². The molecule has 0 fully saturated rings. The number of anilines is 1. The van der Waals surface area contributed by atoms with Gasteiger partial charge in [-0.1, -0.05) is 11.2 Å². The molecular formula is C17H24N4O3. The molecule has 0 aliphatic rings. The zero-order valence-corrected chi connectivity index (χ0v) is 14.2. The maximum Gasteiger partial charge on any atom is 0.309 e. The number of nitrogens with one attached hydrogen (secondary N) is 1. The molecule has 2 aromatic rings. The molecular weight excluding hydrogens is 308 g/mol. The summed E-state index contributed by atoms with van der Waals surface area (Å²) in [5.41, 5.74) is -0.786. The molecule has 0 aliphatic carbocycles. The number of hydrogen-bond donors (Lipinski definition) is 2. The molecule has 2 rings (SSSR count). The molecule has 0 aliphatic heterocycles. The second-order valence-corrected chi connectivity index (χ2v) is 6.39. The third kappa shape index (κ3) is 5.64. The summed E-state index contributed by atoms with van der Waals surface area (Å²) in [5, 5.41) is 16.3. The van der Waals surface area contributed by atoms with Crippen LogP contribution < -0.4 is 5.32 Å². The lowest BCUT2D eigenvalue weighted by Gasteiger charge is -2.17. The van der Waals surface area contributed by atoms with Crippen LogP contribution in [-0.2, 0) is 17.6 Å². The van der Waals surface area contributed by atoms with E-state index in [1.54, 1.807) is 20.0 Å². The predicted octanol–water partition coefficient (Wildman–Crippen LogP) is 2.94. The Morgan fingerprint density at radius 3 is 2.83 bits per heavy atom. The van der Waals surface area contributed by atoms with Crippen molar-refractivity contribution in [3.63, 3.8) is 0 Å². The summed E-state index contributed by atoms with van der Waals surface area (Å²) in [6.45, 7) is 4.23. The average molecular weight is 332 g/mol. The Morgan fingerprint density at radius 1 is 1.29 bits per heavy atom. The van der Waals surface area contributed by atoms with Crippen LogP contribution in [0.1, 0.15) is 44.8 Å². The van der Waals surface area contributed by atoms with Crippen molar-refractivity contribution in [2.45, 2.75) is 46.0 Å². The van der Waals surface area contributed by atoms with Gasteiger partial charge in [-0.15, -0.1) is 0 Å². The molecule has 0 radical (unpaired) electrons. The molecule has 0 amide bonds. The van der Waals surface area contributed by atoms with Gasteiger partial charge in [0.05, 0.1) is 5.41 Å². The van der Waals surface area contributed by atoms with Crippen molar-refractivity contribution in [3.05, 3.63) is 36.1 Å². The number of hydrogen-bond acceptors (Lipinski definition) is 6. The van der Waals surface area contributed by atoms with E-state index in [9.17, 15) is 4.79 Å². The molecule has 130 valence electrons. The molecule has 0 unspecified atom stereocenters. The van der Waals surface area contributed by atoms with Crippen LogP contribution in [0.2, 0.25) is 0 Å². The van der Waals surface area contributed by atoms with Gasteiger partial charge in [-0.05, 0) is 45.2 Å². The summed E-state index contributed by atoms with van der Waals surface area (Å²) in [5.74, 6) is 1.24. The van der Waals surface area contributed by atoms with Crippen LogP contribution in [0.3, 0.4) is 0 Å². The van der Waals surface area contributed by atoms with Crippen LogP contribution in [0.15, 0.2) is 28.9 Å². The first-order valence-corrected chi connectivity index (χ1v) is 8.17. The van der Waals surface area contributed by atoms with E-state index in [1.807, 2.05) is 18.2 Å². The van der Waals surface area contributed by atoms with Gasteiger partial charge in [-0.2, -0.15) is 4.98 Å². The Hall–Kier alpha value is -2.44. The van der Waals surface area contributed by atoms with E-state index in [4.69, 9.17) is 9.63 Å². The van der Waals surface area contributed by atoms with Crippen molar-refractivity contribution >= 4 is 11.8 Å². The fourth-order valence-corrected chi connectivity index (χ4v) is 2.11. The van der Waals surface area contributed by atoms with Crippen LogP contribution >= 0.6 is 0 Å². The minimum Gasteiger partial charge on any atom is -0.481 e. The van der Waals surface area contributed by atoms with Gasteiger partial charge >= 0.3 is 5.97 Å². The molecule has 0 bridgehead atoms. The van der Waals surface area contributed by atoms with Gasteiger partial charge in [0.25, 0.3) is 0 Å².